The van der Waals surface area contributed by atoms with E-state index < -0.39 is 5.82 Å². The van der Waals surface area contributed by atoms with E-state index in [1.807, 2.05) is 22.6 Å². The molecule has 1 fully saturated rings. The number of carbonyl (C=O) groups excluding carboxylic acids is 1. The van der Waals surface area contributed by atoms with Crippen LogP contribution in [-0.2, 0) is 0 Å². The van der Waals surface area contributed by atoms with Crippen molar-refractivity contribution < 1.29 is 9.18 Å². The molecule has 1 amide bonds. The van der Waals surface area contributed by atoms with Gasteiger partial charge in [-0.1, -0.05) is 19.9 Å². The van der Waals surface area contributed by atoms with Crippen molar-refractivity contribution in [2.24, 2.45) is 5.41 Å². The van der Waals surface area contributed by atoms with Crippen molar-refractivity contribution in [2.45, 2.75) is 26.7 Å². The van der Waals surface area contributed by atoms with Crippen LogP contribution in [0.1, 0.15) is 37.0 Å². The molecule has 1 aliphatic heterocycles. The lowest BCUT2D eigenvalue weighted by Crippen LogP contribution is -2.41. The minimum Gasteiger partial charge on any atom is -0.338 e. The van der Waals surface area contributed by atoms with Gasteiger partial charge < -0.3 is 4.90 Å². The predicted octanol–water partition coefficient (Wildman–Crippen LogP) is 3.69. The average Bonchev–Trinajstić information content (AvgIpc) is 2.28. The number of carbonyl (C=O) groups is 1. The van der Waals surface area contributed by atoms with Crippen molar-refractivity contribution in [3.05, 3.63) is 33.1 Å². The maximum Gasteiger partial charge on any atom is 0.257 e. The van der Waals surface area contributed by atoms with Crippen molar-refractivity contribution in [1.82, 2.24) is 4.90 Å². The molecule has 1 heterocycles. The van der Waals surface area contributed by atoms with Crippen LogP contribution in [0.2, 0.25) is 0 Å². The first-order chi connectivity index (χ1) is 8.41. The number of halogens is 2. The Morgan fingerprint density at radius 3 is 2.50 bits per heavy atom. The lowest BCUT2D eigenvalue weighted by Gasteiger charge is -2.37. The van der Waals surface area contributed by atoms with E-state index in [4.69, 9.17) is 0 Å². The fraction of sp³-hybridized carbons (Fsp3) is 0.500. The highest BCUT2D eigenvalue weighted by Gasteiger charge is 2.30. The van der Waals surface area contributed by atoms with E-state index in [2.05, 4.69) is 13.8 Å². The van der Waals surface area contributed by atoms with E-state index in [1.165, 1.54) is 6.07 Å². The summed E-state index contributed by atoms with van der Waals surface area (Å²) in [4.78, 5) is 14.1. The molecule has 18 heavy (non-hydrogen) atoms. The maximum absolute atomic E-state index is 13.8. The van der Waals surface area contributed by atoms with E-state index >= 15 is 0 Å². The molecule has 0 saturated carbocycles. The third-order valence-corrected chi connectivity index (χ3v) is 4.48. The summed E-state index contributed by atoms with van der Waals surface area (Å²) in [7, 11) is 0. The zero-order valence-corrected chi connectivity index (χ0v) is 12.8. The molecule has 4 heteroatoms. The number of hydrogen-bond acceptors (Lipinski definition) is 1. The first-order valence-electron chi connectivity index (χ1n) is 6.14. The number of likely N-dealkylation sites (tertiary alicyclic amines) is 1. The molecule has 98 valence electrons. The summed E-state index contributed by atoms with van der Waals surface area (Å²) in [5, 5.41) is 0. The van der Waals surface area contributed by atoms with E-state index in [0.29, 0.717) is 8.99 Å². The van der Waals surface area contributed by atoms with Gasteiger partial charge in [-0.15, -0.1) is 0 Å². The number of benzene rings is 1. The Morgan fingerprint density at radius 2 is 1.94 bits per heavy atom. The Kier molecular flexibility index (Phi) is 3.94. The zero-order valence-electron chi connectivity index (χ0n) is 10.7. The number of piperidine rings is 1. The summed E-state index contributed by atoms with van der Waals surface area (Å²) in [6, 6.07) is 4.75. The summed E-state index contributed by atoms with van der Waals surface area (Å²) in [5.74, 6) is -0.593. The predicted molar refractivity (Wildman–Crippen MR) is 78.0 cm³/mol. The Morgan fingerprint density at radius 1 is 1.33 bits per heavy atom. The smallest absolute Gasteiger partial charge is 0.257 e. The van der Waals surface area contributed by atoms with Gasteiger partial charge in [0.2, 0.25) is 0 Å². The van der Waals surface area contributed by atoms with E-state index in [0.717, 1.165) is 25.9 Å². The van der Waals surface area contributed by atoms with Crippen LogP contribution in [0.3, 0.4) is 0 Å². The molecular weight excluding hydrogens is 344 g/mol. The van der Waals surface area contributed by atoms with Crippen LogP contribution in [0.4, 0.5) is 4.39 Å². The third-order valence-electron chi connectivity index (χ3n) is 3.58. The summed E-state index contributed by atoms with van der Waals surface area (Å²) in [6.45, 7) is 5.86. The fourth-order valence-electron chi connectivity index (χ4n) is 2.18. The first kappa shape index (κ1) is 13.8. The topological polar surface area (TPSA) is 20.3 Å². The van der Waals surface area contributed by atoms with Gasteiger partial charge in [0.25, 0.3) is 5.91 Å². The van der Waals surface area contributed by atoms with Gasteiger partial charge in [-0.05, 0) is 53.0 Å². The summed E-state index contributed by atoms with van der Waals surface area (Å²) >= 11 is 2.02. The van der Waals surface area contributed by atoms with Gasteiger partial charge in [0.05, 0.1) is 5.56 Å². The van der Waals surface area contributed by atoms with E-state index in [-0.39, 0.29) is 11.5 Å². The number of amides is 1. The number of hydrogen-bond donors (Lipinski definition) is 0. The molecule has 0 aromatic heterocycles. The molecule has 1 aromatic carbocycles. The average molecular weight is 361 g/mol. The monoisotopic (exact) mass is 361 g/mol. The zero-order chi connectivity index (χ0) is 13.3. The summed E-state index contributed by atoms with van der Waals surface area (Å²) in [5.41, 5.74) is 0.511. The molecule has 0 N–H and O–H groups in total. The Balaban J connectivity index is 2.18. The van der Waals surface area contributed by atoms with Crippen LogP contribution in [-0.4, -0.2) is 23.9 Å². The lowest BCUT2D eigenvalue weighted by molar-refractivity contribution is 0.0624. The minimum atomic E-state index is -0.420. The van der Waals surface area contributed by atoms with Gasteiger partial charge in [0.1, 0.15) is 5.82 Å². The second kappa shape index (κ2) is 5.15. The Hall–Kier alpha value is -0.650. The van der Waals surface area contributed by atoms with E-state index in [1.54, 1.807) is 17.0 Å². The van der Waals surface area contributed by atoms with Gasteiger partial charge in [0, 0.05) is 16.7 Å². The van der Waals surface area contributed by atoms with Crippen molar-refractivity contribution in [2.75, 3.05) is 13.1 Å². The minimum absolute atomic E-state index is 0.173. The van der Waals surface area contributed by atoms with Gasteiger partial charge in [0.15, 0.2) is 0 Å². The second-order valence-corrected chi connectivity index (χ2v) is 6.72. The highest BCUT2D eigenvalue weighted by Crippen LogP contribution is 2.31. The second-order valence-electron chi connectivity index (χ2n) is 5.55. The molecule has 0 atom stereocenters. The largest absolute Gasteiger partial charge is 0.338 e. The number of nitrogens with zero attached hydrogens (tertiary/aromatic N) is 1. The first-order valence-corrected chi connectivity index (χ1v) is 7.22. The van der Waals surface area contributed by atoms with Gasteiger partial charge in [-0.2, -0.15) is 0 Å². The highest BCUT2D eigenvalue weighted by atomic mass is 127. The lowest BCUT2D eigenvalue weighted by atomic mass is 9.82. The molecule has 0 bridgehead atoms. The molecule has 0 aliphatic carbocycles. The van der Waals surface area contributed by atoms with Crippen LogP contribution in [0, 0.1) is 14.8 Å². The molecule has 1 saturated heterocycles. The molecule has 1 aliphatic rings. The summed E-state index contributed by atoms with van der Waals surface area (Å²) < 4.78 is 14.4. The SMILES string of the molecule is CC1(C)CCN(C(=O)c2c(F)cccc2I)CC1. The van der Waals surface area contributed by atoms with Gasteiger partial charge >= 0.3 is 0 Å². The van der Waals surface area contributed by atoms with Crippen LogP contribution in [0.15, 0.2) is 18.2 Å². The molecular formula is C14H17FINO. The standard InChI is InChI=1S/C14H17FINO/c1-14(2)6-8-17(9-7-14)13(18)12-10(15)4-3-5-11(12)16/h3-5H,6-9H2,1-2H3. The summed E-state index contributed by atoms with van der Waals surface area (Å²) in [6.07, 6.45) is 1.95. The molecule has 1 aromatic rings. The van der Waals surface area contributed by atoms with Crippen LogP contribution < -0.4 is 0 Å². The van der Waals surface area contributed by atoms with Crippen LogP contribution >= 0.6 is 22.6 Å². The molecule has 2 rings (SSSR count). The fourth-order valence-corrected chi connectivity index (χ4v) is 2.87. The van der Waals surface area contributed by atoms with Gasteiger partial charge in [-0.3, -0.25) is 4.79 Å². The molecule has 0 spiro atoms. The molecule has 2 nitrogen and oxygen atoms in total. The Bertz CT molecular complexity index is 443. The van der Waals surface area contributed by atoms with E-state index in [9.17, 15) is 9.18 Å². The van der Waals surface area contributed by atoms with Crippen molar-refractivity contribution in [3.8, 4) is 0 Å². The quantitative estimate of drug-likeness (QED) is 0.699. The van der Waals surface area contributed by atoms with Crippen LogP contribution in [0.5, 0.6) is 0 Å². The molecule has 0 unspecified atom stereocenters. The van der Waals surface area contributed by atoms with Gasteiger partial charge in [-0.25, -0.2) is 4.39 Å². The highest BCUT2D eigenvalue weighted by molar-refractivity contribution is 14.1. The van der Waals surface area contributed by atoms with Crippen LogP contribution in [0.25, 0.3) is 0 Å². The third kappa shape index (κ3) is 2.84. The molecule has 0 radical (unpaired) electrons. The Labute approximate surface area is 121 Å². The normalized spacial score (nSPS) is 18.8. The maximum atomic E-state index is 13.8. The van der Waals surface area contributed by atoms with Crippen molar-refractivity contribution >= 4 is 28.5 Å². The van der Waals surface area contributed by atoms with Crippen molar-refractivity contribution in [3.63, 3.8) is 0 Å². The number of rotatable bonds is 1. The van der Waals surface area contributed by atoms with Crippen molar-refractivity contribution in [1.29, 1.82) is 0 Å².